The molecule has 74 valence electrons. The van der Waals surface area contributed by atoms with E-state index >= 15 is 0 Å². The highest BCUT2D eigenvalue weighted by Crippen LogP contribution is 2.40. The zero-order chi connectivity index (χ0) is 9.43. The SMILES string of the molecule is c1ccc2c(c1)NC1(CCSCC1)N2. The molecule has 0 amide bonds. The highest BCUT2D eigenvalue weighted by atomic mass is 32.2. The van der Waals surface area contributed by atoms with Crippen LogP contribution >= 0.6 is 11.8 Å². The quantitative estimate of drug-likeness (QED) is 0.682. The molecule has 2 heterocycles. The van der Waals surface area contributed by atoms with Crippen LogP contribution < -0.4 is 10.6 Å². The van der Waals surface area contributed by atoms with E-state index in [9.17, 15) is 0 Å². The van der Waals surface area contributed by atoms with E-state index in [0.717, 1.165) is 0 Å². The summed E-state index contributed by atoms with van der Waals surface area (Å²) in [6, 6.07) is 8.48. The van der Waals surface area contributed by atoms with Gasteiger partial charge in [0.2, 0.25) is 0 Å². The normalized spacial score (nSPS) is 22.6. The largest absolute Gasteiger partial charge is 0.361 e. The number of benzene rings is 1. The predicted molar refractivity (Wildman–Crippen MR) is 63.0 cm³/mol. The van der Waals surface area contributed by atoms with Crippen molar-refractivity contribution in [1.82, 2.24) is 0 Å². The number of para-hydroxylation sites is 2. The molecule has 1 saturated heterocycles. The van der Waals surface area contributed by atoms with Gasteiger partial charge in [-0.05, 0) is 36.5 Å². The van der Waals surface area contributed by atoms with Crippen LogP contribution in [0.5, 0.6) is 0 Å². The molecule has 0 atom stereocenters. The van der Waals surface area contributed by atoms with Crippen molar-refractivity contribution in [1.29, 1.82) is 0 Å². The van der Waals surface area contributed by atoms with Gasteiger partial charge in [-0.3, -0.25) is 0 Å². The number of hydrogen-bond donors (Lipinski definition) is 2. The van der Waals surface area contributed by atoms with Crippen molar-refractivity contribution in [2.45, 2.75) is 18.5 Å². The number of nitrogens with one attached hydrogen (secondary N) is 2. The Labute approximate surface area is 88.5 Å². The Kier molecular flexibility index (Phi) is 1.87. The van der Waals surface area contributed by atoms with Crippen molar-refractivity contribution in [2.75, 3.05) is 22.1 Å². The number of rotatable bonds is 0. The van der Waals surface area contributed by atoms with E-state index < -0.39 is 0 Å². The third-order valence-electron chi connectivity index (χ3n) is 3.02. The summed E-state index contributed by atoms with van der Waals surface area (Å²) in [5.74, 6) is 2.52. The second-order valence-corrected chi connectivity index (χ2v) is 5.21. The van der Waals surface area contributed by atoms with Crippen molar-refractivity contribution in [3.63, 3.8) is 0 Å². The molecule has 0 bridgehead atoms. The molecule has 0 radical (unpaired) electrons. The fourth-order valence-electron chi connectivity index (χ4n) is 2.22. The Balaban J connectivity index is 1.89. The van der Waals surface area contributed by atoms with Crippen molar-refractivity contribution in [2.24, 2.45) is 0 Å². The van der Waals surface area contributed by atoms with Gasteiger partial charge in [0.25, 0.3) is 0 Å². The van der Waals surface area contributed by atoms with Crippen LogP contribution in [-0.4, -0.2) is 17.2 Å². The van der Waals surface area contributed by atoms with E-state index in [1.807, 2.05) is 0 Å². The van der Waals surface area contributed by atoms with E-state index in [2.05, 4.69) is 46.7 Å². The molecular formula is C11H14N2S. The lowest BCUT2D eigenvalue weighted by atomic mass is 10.0. The Hall–Kier alpha value is -0.830. The maximum absolute atomic E-state index is 3.63. The minimum absolute atomic E-state index is 0.162. The molecule has 1 aromatic rings. The van der Waals surface area contributed by atoms with Crippen LogP contribution in [0.3, 0.4) is 0 Å². The first kappa shape index (κ1) is 8.48. The molecule has 1 fully saturated rings. The fourth-order valence-corrected chi connectivity index (χ4v) is 3.41. The van der Waals surface area contributed by atoms with Gasteiger partial charge in [-0.25, -0.2) is 0 Å². The highest BCUT2D eigenvalue weighted by Gasteiger charge is 2.36. The van der Waals surface area contributed by atoms with Crippen molar-refractivity contribution < 1.29 is 0 Å². The third kappa shape index (κ3) is 1.27. The first-order chi connectivity index (χ1) is 6.88. The topological polar surface area (TPSA) is 24.1 Å². The van der Waals surface area contributed by atoms with Crippen LogP contribution in [0.4, 0.5) is 11.4 Å². The van der Waals surface area contributed by atoms with Crippen LogP contribution in [0.1, 0.15) is 12.8 Å². The monoisotopic (exact) mass is 206 g/mol. The summed E-state index contributed by atoms with van der Waals surface area (Å²) < 4.78 is 0. The third-order valence-corrected chi connectivity index (χ3v) is 4.01. The van der Waals surface area contributed by atoms with Crippen LogP contribution in [0, 0.1) is 0 Å². The second-order valence-electron chi connectivity index (χ2n) is 3.99. The van der Waals surface area contributed by atoms with Gasteiger partial charge in [0.1, 0.15) is 5.66 Å². The Morgan fingerprint density at radius 2 is 1.57 bits per heavy atom. The lowest BCUT2D eigenvalue weighted by molar-refractivity contribution is 0.504. The van der Waals surface area contributed by atoms with E-state index in [0.29, 0.717) is 0 Å². The van der Waals surface area contributed by atoms with E-state index in [4.69, 9.17) is 0 Å². The lowest BCUT2D eigenvalue weighted by Gasteiger charge is -2.34. The van der Waals surface area contributed by atoms with Crippen molar-refractivity contribution >= 4 is 23.1 Å². The molecule has 2 nitrogen and oxygen atoms in total. The molecule has 2 aliphatic heterocycles. The summed E-state index contributed by atoms with van der Waals surface area (Å²) in [7, 11) is 0. The number of thioether (sulfide) groups is 1. The van der Waals surface area contributed by atoms with Gasteiger partial charge in [0, 0.05) is 0 Å². The summed E-state index contributed by atoms with van der Waals surface area (Å²) in [5, 5.41) is 7.25. The summed E-state index contributed by atoms with van der Waals surface area (Å²) in [4.78, 5) is 0. The zero-order valence-corrected chi connectivity index (χ0v) is 8.86. The molecule has 1 aromatic carbocycles. The van der Waals surface area contributed by atoms with Gasteiger partial charge in [-0.2, -0.15) is 11.8 Å². The second kappa shape index (κ2) is 3.09. The lowest BCUT2D eigenvalue weighted by Crippen LogP contribution is -2.44. The van der Waals surface area contributed by atoms with E-state index in [-0.39, 0.29) is 5.66 Å². The molecule has 1 spiro atoms. The first-order valence-corrected chi connectivity index (χ1v) is 6.27. The molecule has 0 aromatic heterocycles. The van der Waals surface area contributed by atoms with E-state index in [1.165, 1.54) is 35.7 Å². The Morgan fingerprint density at radius 3 is 2.14 bits per heavy atom. The number of fused-ring (bicyclic) bond motifs is 1. The molecule has 0 unspecified atom stereocenters. The molecular weight excluding hydrogens is 192 g/mol. The van der Waals surface area contributed by atoms with Gasteiger partial charge in [-0.15, -0.1) is 0 Å². The van der Waals surface area contributed by atoms with Crippen LogP contribution in [0.25, 0.3) is 0 Å². The fraction of sp³-hybridized carbons (Fsp3) is 0.455. The standard InChI is InChI=1S/C11H14N2S/c1-2-4-10-9(3-1)12-11(13-10)5-7-14-8-6-11/h1-4,12-13H,5-8H2. The van der Waals surface area contributed by atoms with Gasteiger partial charge in [-0.1, -0.05) is 12.1 Å². The molecule has 0 saturated carbocycles. The number of anilines is 2. The average Bonchev–Trinajstić information content (AvgIpc) is 2.56. The summed E-state index contributed by atoms with van der Waals surface area (Å²) >= 11 is 2.05. The first-order valence-electron chi connectivity index (χ1n) is 5.11. The summed E-state index contributed by atoms with van der Waals surface area (Å²) in [6.07, 6.45) is 2.43. The molecule has 2 aliphatic rings. The zero-order valence-electron chi connectivity index (χ0n) is 8.05. The van der Waals surface area contributed by atoms with Gasteiger partial charge >= 0.3 is 0 Å². The van der Waals surface area contributed by atoms with Gasteiger partial charge < -0.3 is 10.6 Å². The summed E-state index contributed by atoms with van der Waals surface area (Å²) in [6.45, 7) is 0. The molecule has 3 rings (SSSR count). The maximum Gasteiger partial charge on any atom is 0.109 e. The van der Waals surface area contributed by atoms with Crippen LogP contribution in [-0.2, 0) is 0 Å². The Bertz CT molecular complexity index is 318. The molecule has 2 N–H and O–H groups in total. The van der Waals surface area contributed by atoms with Gasteiger partial charge in [0.15, 0.2) is 0 Å². The average molecular weight is 206 g/mol. The minimum atomic E-state index is 0.162. The van der Waals surface area contributed by atoms with Crippen LogP contribution in [0.2, 0.25) is 0 Å². The number of hydrogen-bond acceptors (Lipinski definition) is 3. The van der Waals surface area contributed by atoms with Crippen molar-refractivity contribution in [3.8, 4) is 0 Å². The summed E-state index contributed by atoms with van der Waals surface area (Å²) in [5.41, 5.74) is 2.69. The van der Waals surface area contributed by atoms with E-state index in [1.54, 1.807) is 0 Å². The van der Waals surface area contributed by atoms with Crippen molar-refractivity contribution in [3.05, 3.63) is 24.3 Å². The molecule has 0 aliphatic carbocycles. The molecule has 14 heavy (non-hydrogen) atoms. The van der Waals surface area contributed by atoms with Gasteiger partial charge in [0.05, 0.1) is 11.4 Å². The highest BCUT2D eigenvalue weighted by molar-refractivity contribution is 7.99. The smallest absolute Gasteiger partial charge is 0.109 e. The van der Waals surface area contributed by atoms with Crippen LogP contribution in [0.15, 0.2) is 24.3 Å². The molecule has 3 heteroatoms. The minimum Gasteiger partial charge on any atom is -0.361 e. The Morgan fingerprint density at radius 1 is 1.00 bits per heavy atom. The predicted octanol–water partition coefficient (Wildman–Crippen LogP) is 2.75. The maximum atomic E-state index is 3.63.